The highest BCUT2D eigenvalue weighted by Gasteiger charge is 2.41. The van der Waals surface area contributed by atoms with E-state index in [-0.39, 0.29) is 6.54 Å². The van der Waals surface area contributed by atoms with Gasteiger partial charge in [-0.1, -0.05) is 25.5 Å². The molecule has 0 aromatic heterocycles. The molecule has 80 valence electrons. The maximum Gasteiger partial charge on any atom is 0.208 e. The van der Waals surface area contributed by atoms with E-state index in [9.17, 15) is 8.42 Å². The molecule has 0 aliphatic heterocycles. The fourth-order valence-corrected chi connectivity index (χ4v) is 1.42. The maximum atomic E-state index is 10.7. The van der Waals surface area contributed by atoms with Crippen LogP contribution in [0.3, 0.4) is 0 Å². The van der Waals surface area contributed by atoms with Crippen LogP contribution in [0.25, 0.3) is 0 Å². The van der Waals surface area contributed by atoms with Crippen molar-refractivity contribution in [2.24, 2.45) is 5.41 Å². The van der Waals surface area contributed by atoms with Gasteiger partial charge in [-0.15, -0.1) is 0 Å². The van der Waals surface area contributed by atoms with Crippen molar-refractivity contribution in [2.75, 3.05) is 12.8 Å². The van der Waals surface area contributed by atoms with Crippen molar-refractivity contribution >= 4 is 10.0 Å². The molecule has 0 spiro atoms. The van der Waals surface area contributed by atoms with Crippen LogP contribution in [0.5, 0.6) is 0 Å². The predicted octanol–water partition coefficient (Wildman–Crippen LogP) is 1.03. The summed E-state index contributed by atoms with van der Waals surface area (Å²) in [4.78, 5) is 0. The summed E-state index contributed by atoms with van der Waals surface area (Å²) >= 11 is 0. The van der Waals surface area contributed by atoms with Gasteiger partial charge in [-0.05, 0) is 6.92 Å². The lowest BCUT2D eigenvalue weighted by Crippen LogP contribution is -2.29. The first-order valence-electron chi connectivity index (χ1n) is 4.45. The van der Waals surface area contributed by atoms with Gasteiger partial charge in [0.05, 0.1) is 12.3 Å². The Hall–Kier alpha value is -0.860. The van der Waals surface area contributed by atoms with Gasteiger partial charge < -0.3 is 0 Å². The molecule has 1 unspecified atom stereocenters. The monoisotopic (exact) mass is 216 g/mol. The lowest BCUT2D eigenvalue weighted by molar-refractivity contribution is 0.575. The minimum atomic E-state index is -3.19. The summed E-state index contributed by atoms with van der Waals surface area (Å²) in [6, 6.07) is 2.06. The molecule has 0 bridgehead atoms. The van der Waals surface area contributed by atoms with E-state index < -0.39 is 15.4 Å². The highest BCUT2D eigenvalue weighted by Crippen LogP contribution is 2.42. The lowest BCUT2D eigenvalue weighted by atomic mass is 10.0. The van der Waals surface area contributed by atoms with Crippen molar-refractivity contribution in [1.82, 2.24) is 4.72 Å². The predicted molar refractivity (Wildman–Crippen MR) is 56.0 cm³/mol. The molecule has 0 radical (unpaired) electrons. The Labute approximate surface area is 85.7 Å². The summed E-state index contributed by atoms with van der Waals surface area (Å²) in [5.41, 5.74) is 0.296. The van der Waals surface area contributed by atoms with Crippen molar-refractivity contribution < 1.29 is 8.42 Å². The lowest BCUT2D eigenvalue weighted by Gasteiger charge is -2.07. The largest absolute Gasteiger partial charge is 0.213 e. The fourth-order valence-electron chi connectivity index (χ4n) is 0.929. The Morgan fingerprint density at radius 3 is 2.21 bits per heavy atom. The number of hydrogen-bond donors (Lipinski definition) is 1. The molecular weight excluding hydrogens is 200 g/mol. The molecule has 0 aromatic rings. The van der Waals surface area contributed by atoms with Crippen LogP contribution in [0.1, 0.15) is 20.8 Å². The van der Waals surface area contributed by atoms with Crippen molar-refractivity contribution in [3.05, 3.63) is 11.6 Å². The molecule has 1 aliphatic carbocycles. The Morgan fingerprint density at radius 1 is 1.57 bits per heavy atom. The molecule has 0 heterocycles. The van der Waals surface area contributed by atoms with Crippen LogP contribution < -0.4 is 4.72 Å². The molecule has 0 aromatic carbocycles. The van der Waals surface area contributed by atoms with E-state index in [4.69, 9.17) is 5.26 Å². The van der Waals surface area contributed by atoms with Gasteiger partial charge >= 0.3 is 0 Å². The van der Waals surface area contributed by atoms with E-state index >= 15 is 0 Å². The molecule has 5 heteroatoms. The zero-order valence-electron chi connectivity index (χ0n) is 8.96. The summed E-state index contributed by atoms with van der Waals surface area (Å²) < 4.78 is 23.7. The topological polar surface area (TPSA) is 70.0 Å². The highest BCUT2D eigenvalue weighted by molar-refractivity contribution is 7.88. The third kappa shape index (κ3) is 3.48. The van der Waals surface area contributed by atoms with Gasteiger partial charge in [0.1, 0.15) is 5.41 Å². The number of hydrogen-bond acceptors (Lipinski definition) is 3. The molecule has 1 rings (SSSR count). The Balaban J connectivity index is 0.000000791. The Kier molecular flexibility index (Phi) is 4.30. The summed E-state index contributed by atoms with van der Waals surface area (Å²) in [7, 11) is -3.19. The van der Waals surface area contributed by atoms with Gasteiger partial charge in [0.15, 0.2) is 0 Å². The molecule has 0 saturated heterocycles. The summed E-state index contributed by atoms with van der Waals surface area (Å²) in [5.74, 6) is 0. The molecule has 1 aliphatic rings. The third-order valence-electron chi connectivity index (χ3n) is 1.90. The van der Waals surface area contributed by atoms with Crippen molar-refractivity contribution in [1.29, 1.82) is 5.26 Å². The first-order chi connectivity index (χ1) is 6.40. The second-order valence-corrected chi connectivity index (χ2v) is 4.84. The van der Waals surface area contributed by atoms with Gasteiger partial charge in [-0.3, -0.25) is 0 Å². The van der Waals surface area contributed by atoms with Gasteiger partial charge in [0.25, 0.3) is 0 Å². The van der Waals surface area contributed by atoms with Crippen LogP contribution in [-0.4, -0.2) is 21.2 Å². The number of nitriles is 1. The SMILES string of the molecule is CC.CC1=CC1(C#N)CNS(C)(=O)=O. The molecule has 0 saturated carbocycles. The summed E-state index contributed by atoms with van der Waals surface area (Å²) in [6.45, 7) is 5.97. The molecule has 0 amide bonds. The normalized spacial score (nSPS) is 24.1. The summed E-state index contributed by atoms with van der Waals surface area (Å²) in [5, 5.41) is 8.69. The van der Waals surface area contributed by atoms with Gasteiger partial charge in [-0.2, -0.15) is 5.26 Å². The van der Waals surface area contributed by atoms with E-state index in [1.807, 2.05) is 20.8 Å². The third-order valence-corrected chi connectivity index (χ3v) is 2.56. The van der Waals surface area contributed by atoms with Crippen LogP contribution in [0.15, 0.2) is 11.6 Å². The van der Waals surface area contributed by atoms with E-state index in [2.05, 4.69) is 10.8 Å². The second-order valence-electron chi connectivity index (χ2n) is 3.00. The van der Waals surface area contributed by atoms with E-state index in [0.717, 1.165) is 11.8 Å². The second kappa shape index (κ2) is 4.58. The number of rotatable bonds is 3. The van der Waals surface area contributed by atoms with Crippen LogP contribution >= 0.6 is 0 Å². The molecule has 1 N–H and O–H groups in total. The Bertz CT molecular complexity index is 365. The highest BCUT2D eigenvalue weighted by atomic mass is 32.2. The van der Waals surface area contributed by atoms with Crippen molar-refractivity contribution in [2.45, 2.75) is 20.8 Å². The van der Waals surface area contributed by atoms with Crippen molar-refractivity contribution in [3.63, 3.8) is 0 Å². The van der Waals surface area contributed by atoms with Gasteiger partial charge in [0.2, 0.25) is 10.0 Å². The first kappa shape index (κ1) is 13.1. The quantitative estimate of drug-likeness (QED) is 0.716. The van der Waals surface area contributed by atoms with Crippen LogP contribution in [-0.2, 0) is 10.0 Å². The minimum Gasteiger partial charge on any atom is -0.213 e. The zero-order valence-corrected chi connectivity index (χ0v) is 9.77. The standard InChI is InChI=1S/C7H10N2O2S.C2H6/c1-6-3-7(6,4-8)5-9-12(2,10)11;1-2/h3,9H,5H2,1-2H3;1-2H3. The minimum absolute atomic E-state index is 0.161. The van der Waals surface area contributed by atoms with Crippen LogP contribution in [0, 0.1) is 16.7 Å². The molecule has 4 nitrogen and oxygen atoms in total. The van der Waals surface area contributed by atoms with Crippen LogP contribution in [0.2, 0.25) is 0 Å². The number of nitrogens with zero attached hydrogens (tertiary/aromatic N) is 1. The van der Waals surface area contributed by atoms with Gasteiger partial charge in [-0.25, -0.2) is 13.1 Å². The average molecular weight is 216 g/mol. The first-order valence-corrected chi connectivity index (χ1v) is 6.35. The molecule has 14 heavy (non-hydrogen) atoms. The smallest absolute Gasteiger partial charge is 0.208 e. The van der Waals surface area contributed by atoms with E-state index in [1.165, 1.54) is 0 Å². The fraction of sp³-hybridized carbons (Fsp3) is 0.667. The zero-order chi connectivity index (χ0) is 11.4. The summed E-state index contributed by atoms with van der Waals surface area (Å²) in [6.07, 6.45) is 2.83. The van der Waals surface area contributed by atoms with E-state index in [0.29, 0.717) is 0 Å². The maximum absolute atomic E-state index is 10.7. The van der Waals surface area contributed by atoms with Crippen molar-refractivity contribution in [3.8, 4) is 6.07 Å². The molecular formula is C9H16N2O2S. The van der Waals surface area contributed by atoms with E-state index in [1.54, 1.807) is 6.08 Å². The molecule has 0 fully saturated rings. The van der Waals surface area contributed by atoms with Gasteiger partial charge in [0, 0.05) is 6.54 Å². The number of nitrogens with one attached hydrogen (secondary N) is 1. The Morgan fingerprint density at radius 2 is 2.00 bits per heavy atom. The van der Waals surface area contributed by atoms with Crippen LogP contribution in [0.4, 0.5) is 0 Å². The average Bonchev–Trinajstić information content (AvgIpc) is 2.77. The molecule has 1 atom stereocenters. The number of sulfonamides is 1.